The summed E-state index contributed by atoms with van der Waals surface area (Å²) in [5, 5.41) is 3.33. The number of anilines is 2. The smallest absolute Gasteiger partial charge is 0.238 e. The number of carbonyl (C=O) groups is 3. The van der Waals surface area contributed by atoms with Gasteiger partial charge < -0.3 is 10.2 Å². The molecule has 0 saturated carbocycles. The fraction of sp³-hybridized carbons (Fsp3) is 0.125. The molecule has 4 aromatic rings. The molecule has 190 valence electrons. The molecule has 3 aliphatic rings. The summed E-state index contributed by atoms with van der Waals surface area (Å²) in [5.41, 5.74) is 2.39. The topological polar surface area (TPSA) is 79.4 Å². The van der Waals surface area contributed by atoms with Gasteiger partial charge in [-0.05, 0) is 47.5 Å². The summed E-state index contributed by atoms with van der Waals surface area (Å²) in [6.07, 6.45) is 7.02. The van der Waals surface area contributed by atoms with Crippen molar-refractivity contribution < 1.29 is 14.4 Å². The highest BCUT2D eigenvalue weighted by Crippen LogP contribution is 2.58. The molecule has 1 aromatic heterocycles. The van der Waals surface area contributed by atoms with E-state index in [9.17, 15) is 14.4 Å². The van der Waals surface area contributed by atoms with Gasteiger partial charge >= 0.3 is 0 Å². The van der Waals surface area contributed by atoms with E-state index < -0.39 is 23.4 Å². The summed E-state index contributed by atoms with van der Waals surface area (Å²) < 4.78 is 0. The van der Waals surface area contributed by atoms with E-state index >= 15 is 0 Å². The monoisotopic (exact) mass is 531 g/mol. The van der Waals surface area contributed by atoms with Crippen LogP contribution in [0.25, 0.3) is 6.08 Å². The Morgan fingerprint density at radius 2 is 1.59 bits per heavy atom. The zero-order valence-electron chi connectivity index (χ0n) is 20.6. The number of benzene rings is 3. The number of aromatic nitrogens is 1. The van der Waals surface area contributed by atoms with E-state index in [1.165, 1.54) is 0 Å². The first-order chi connectivity index (χ1) is 19.0. The van der Waals surface area contributed by atoms with Crippen molar-refractivity contribution in [2.24, 2.45) is 5.92 Å². The van der Waals surface area contributed by atoms with E-state index in [1.54, 1.807) is 48.8 Å². The highest BCUT2D eigenvalue weighted by molar-refractivity contribution is 6.34. The predicted molar refractivity (Wildman–Crippen MR) is 150 cm³/mol. The number of Topliss-reactive ketones (excluding diaryl/α,β-unsaturated/α-hetero) is 2. The predicted octanol–water partition coefficient (Wildman–Crippen LogP) is 5.59. The number of fused-ring (bicyclic) bond motifs is 6. The van der Waals surface area contributed by atoms with Crippen LogP contribution in [0.1, 0.15) is 31.8 Å². The van der Waals surface area contributed by atoms with Crippen LogP contribution in [0.2, 0.25) is 5.02 Å². The number of para-hydroxylation sites is 2. The number of amides is 1. The van der Waals surface area contributed by atoms with E-state index in [1.807, 2.05) is 65.6 Å². The number of halogens is 1. The molecule has 3 aliphatic heterocycles. The number of nitrogens with zero attached hydrogens (tertiary/aromatic N) is 2. The number of rotatable bonds is 4. The van der Waals surface area contributed by atoms with Crippen molar-refractivity contribution in [3.05, 3.63) is 131 Å². The van der Waals surface area contributed by atoms with E-state index in [-0.39, 0.29) is 17.5 Å². The molecule has 0 unspecified atom stereocenters. The van der Waals surface area contributed by atoms with Gasteiger partial charge in [-0.1, -0.05) is 72.3 Å². The highest BCUT2D eigenvalue weighted by atomic mass is 35.5. The Morgan fingerprint density at radius 1 is 0.872 bits per heavy atom. The standard InChI is InChI=1S/C32H22ClN3O3/c33-23-10-4-2-8-21(23)30(38)28-27(29(37)20-15-17-34-18-16-20)32(22-9-3-5-11-24(22)35-31(32)39)26-14-13-19-7-1-6-12-25(19)36(26)28/h1-18,26-28H,(H,35,39)/t26-,27-,28+,32+/m1/s1. The third kappa shape index (κ3) is 3.21. The molecular formula is C32H22ClN3O3. The van der Waals surface area contributed by atoms with E-state index in [2.05, 4.69) is 10.3 Å². The number of hydrogen-bond acceptors (Lipinski definition) is 5. The zero-order chi connectivity index (χ0) is 26.7. The van der Waals surface area contributed by atoms with Crippen molar-refractivity contribution >= 4 is 46.5 Å². The number of carbonyl (C=O) groups excluding carboxylic acids is 3. The molecule has 1 amide bonds. The average Bonchev–Trinajstić information content (AvgIpc) is 3.45. The van der Waals surface area contributed by atoms with Gasteiger partial charge in [-0.2, -0.15) is 0 Å². The van der Waals surface area contributed by atoms with Gasteiger partial charge in [-0.15, -0.1) is 0 Å². The van der Waals surface area contributed by atoms with Crippen molar-refractivity contribution in [1.82, 2.24) is 4.98 Å². The van der Waals surface area contributed by atoms with Gasteiger partial charge in [0.15, 0.2) is 11.6 Å². The number of ketones is 2. The summed E-state index contributed by atoms with van der Waals surface area (Å²) in [5.74, 6) is -1.95. The van der Waals surface area contributed by atoms with Crippen molar-refractivity contribution in [2.45, 2.75) is 17.5 Å². The fourth-order valence-electron chi connectivity index (χ4n) is 6.64. The van der Waals surface area contributed by atoms with Gasteiger partial charge in [0.05, 0.1) is 17.0 Å². The van der Waals surface area contributed by atoms with Gasteiger partial charge in [0.25, 0.3) is 0 Å². The van der Waals surface area contributed by atoms with Crippen LogP contribution in [-0.4, -0.2) is 34.5 Å². The van der Waals surface area contributed by atoms with Crippen LogP contribution >= 0.6 is 11.6 Å². The maximum atomic E-state index is 14.6. The van der Waals surface area contributed by atoms with Gasteiger partial charge in [-0.3, -0.25) is 19.4 Å². The largest absolute Gasteiger partial charge is 0.352 e. The SMILES string of the molecule is O=C(c1ccccc1Cl)[C@@H]1[C@H](C(=O)c2ccncc2)[C@@]2(C(=O)Nc3ccccc32)[C@H]2C=Cc3ccccc3N12. The fourth-order valence-corrected chi connectivity index (χ4v) is 6.86. The molecule has 1 spiro atoms. The Bertz CT molecular complexity index is 1700. The van der Waals surface area contributed by atoms with Crippen LogP contribution in [0.5, 0.6) is 0 Å². The number of pyridine rings is 1. The van der Waals surface area contributed by atoms with E-state index in [0.29, 0.717) is 27.4 Å². The minimum Gasteiger partial charge on any atom is -0.352 e. The molecule has 3 aromatic carbocycles. The Balaban J connectivity index is 1.55. The van der Waals surface area contributed by atoms with Gasteiger partial charge in [0.1, 0.15) is 11.5 Å². The van der Waals surface area contributed by atoms with Gasteiger partial charge in [0, 0.05) is 34.9 Å². The molecule has 0 aliphatic carbocycles. The summed E-state index contributed by atoms with van der Waals surface area (Å²) in [7, 11) is 0. The lowest BCUT2D eigenvalue weighted by Gasteiger charge is -2.37. The second-order valence-electron chi connectivity index (χ2n) is 10.0. The Kier molecular flexibility index (Phi) is 5.28. The van der Waals surface area contributed by atoms with Crippen LogP contribution in [0.3, 0.4) is 0 Å². The van der Waals surface area contributed by atoms with Crippen LogP contribution in [0, 0.1) is 5.92 Å². The average molecular weight is 532 g/mol. The summed E-state index contributed by atoms with van der Waals surface area (Å²) >= 11 is 6.55. The minimum atomic E-state index is -1.36. The van der Waals surface area contributed by atoms with Gasteiger partial charge in [0.2, 0.25) is 5.91 Å². The molecule has 1 fully saturated rings. The molecular weight excluding hydrogens is 510 g/mol. The summed E-state index contributed by atoms with van der Waals surface area (Å²) in [6, 6.07) is 23.7. The Morgan fingerprint density at radius 3 is 2.41 bits per heavy atom. The van der Waals surface area contributed by atoms with Crippen molar-refractivity contribution in [3.63, 3.8) is 0 Å². The first-order valence-electron chi connectivity index (χ1n) is 12.7. The van der Waals surface area contributed by atoms with Crippen LogP contribution in [0.15, 0.2) is 103 Å². The highest BCUT2D eigenvalue weighted by Gasteiger charge is 2.70. The molecule has 0 radical (unpaired) electrons. The van der Waals surface area contributed by atoms with Crippen LogP contribution < -0.4 is 10.2 Å². The molecule has 1 saturated heterocycles. The molecule has 4 atom stereocenters. The summed E-state index contributed by atoms with van der Waals surface area (Å²) in [4.78, 5) is 49.5. The molecule has 39 heavy (non-hydrogen) atoms. The lowest BCUT2D eigenvalue weighted by atomic mass is 9.64. The number of nitrogens with one attached hydrogen (secondary N) is 1. The maximum absolute atomic E-state index is 14.6. The third-order valence-corrected chi connectivity index (χ3v) is 8.53. The zero-order valence-corrected chi connectivity index (χ0v) is 21.4. The molecule has 7 heteroatoms. The number of hydrogen-bond donors (Lipinski definition) is 1. The minimum absolute atomic E-state index is 0.296. The quantitative estimate of drug-likeness (QED) is 0.347. The third-order valence-electron chi connectivity index (χ3n) is 8.20. The molecule has 0 bridgehead atoms. The van der Waals surface area contributed by atoms with E-state index in [0.717, 1.165) is 11.3 Å². The van der Waals surface area contributed by atoms with Crippen molar-refractivity contribution in [1.29, 1.82) is 0 Å². The first-order valence-corrected chi connectivity index (χ1v) is 13.1. The van der Waals surface area contributed by atoms with Crippen LogP contribution in [0.4, 0.5) is 11.4 Å². The normalized spacial score (nSPS) is 24.2. The lowest BCUT2D eigenvalue weighted by molar-refractivity contribution is -0.121. The Labute approximate surface area is 229 Å². The Hall–Kier alpha value is -4.55. The molecule has 4 heterocycles. The molecule has 6 nitrogen and oxygen atoms in total. The molecule has 1 N–H and O–H groups in total. The van der Waals surface area contributed by atoms with E-state index in [4.69, 9.17) is 11.6 Å². The van der Waals surface area contributed by atoms with Gasteiger partial charge in [-0.25, -0.2) is 0 Å². The maximum Gasteiger partial charge on any atom is 0.238 e. The second kappa shape index (κ2) is 8.75. The van der Waals surface area contributed by atoms with Crippen LogP contribution in [-0.2, 0) is 10.2 Å². The second-order valence-corrected chi connectivity index (χ2v) is 10.4. The van der Waals surface area contributed by atoms with Crippen molar-refractivity contribution in [3.8, 4) is 0 Å². The molecule has 7 rings (SSSR count). The summed E-state index contributed by atoms with van der Waals surface area (Å²) in [6.45, 7) is 0. The van der Waals surface area contributed by atoms with Crippen molar-refractivity contribution in [2.75, 3.05) is 10.2 Å². The lowest BCUT2D eigenvalue weighted by Crippen LogP contribution is -2.51. The first kappa shape index (κ1) is 23.6.